The van der Waals surface area contributed by atoms with E-state index in [-0.39, 0.29) is 35.8 Å². The number of nitrogens with one attached hydrogen (secondary N) is 2. The Morgan fingerprint density at radius 3 is 1.88 bits per heavy atom. The number of aromatic hydroxyl groups is 2. The molecule has 138 valence electrons. The number of benzene rings is 2. The van der Waals surface area contributed by atoms with E-state index in [1.54, 1.807) is 24.3 Å². The van der Waals surface area contributed by atoms with E-state index in [1.165, 1.54) is 24.3 Å². The van der Waals surface area contributed by atoms with Crippen LogP contribution in [0.5, 0.6) is 11.5 Å². The molecule has 0 aliphatic rings. The lowest BCUT2D eigenvalue weighted by molar-refractivity contribution is -0.140. The van der Waals surface area contributed by atoms with Gasteiger partial charge < -0.3 is 25.7 Å². The van der Waals surface area contributed by atoms with Crippen LogP contribution < -0.4 is 10.6 Å². The largest absolute Gasteiger partial charge is 0.508 e. The molecule has 0 saturated heterocycles. The standard InChI is InChI=1S/C18H20N2O6/c21-14-7-3-1-5-11(14)13(17(23)24)9-19-10-20-16(18(25)26)12-6-2-4-8-15(12)22/h1-8,13,16,19-22H,9-10H2,(H,23,24)(H,25,26). The molecule has 0 bridgehead atoms. The Balaban J connectivity index is 1.99. The molecule has 26 heavy (non-hydrogen) atoms. The Morgan fingerprint density at radius 2 is 1.38 bits per heavy atom. The van der Waals surface area contributed by atoms with Crippen molar-refractivity contribution in [3.63, 3.8) is 0 Å². The van der Waals surface area contributed by atoms with Crippen molar-refractivity contribution < 1.29 is 30.0 Å². The highest BCUT2D eigenvalue weighted by molar-refractivity contribution is 5.77. The fraction of sp³-hybridized carbons (Fsp3) is 0.222. The Kier molecular flexibility index (Phi) is 6.54. The third-order valence-electron chi connectivity index (χ3n) is 3.88. The van der Waals surface area contributed by atoms with Crippen LogP contribution in [-0.4, -0.2) is 45.6 Å². The van der Waals surface area contributed by atoms with Crippen LogP contribution in [0.4, 0.5) is 0 Å². The minimum Gasteiger partial charge on any atom is -0.508 e. The molecule has 8 heteroatoms. The molecule has 6 N–H and O–H groups in total. The fourth-order valence-corrected chi connectivity index (χ4v) is 2.57. The predicted molar refractivity (Wildman–Crippen MR) is 93.0 cm³/mol. The van der Waals surface area contributed by atoms with Gasteiger partial charge in [-0.2, -0.15) is 0 Å². The highest BCUT2D eigenvalue weighted by Crippen LogP contribution is 2.25. The molecule has 0 spiro atoms. The number of carboxylic acids is 2. The van der Waals surface area contributed by atoms with Gasteiger partial charge in [0.1, 0.15) is 17.5 Å². The molecule has 2 aromatic carbocycles. The maximum atomic E-state index is 11.5. The fourth-order valence-electron chi connectivity index (χ4n) is 2.57. The van der Waals surface area contributed by atoms with Gasteiger partial charge >= 0.3 is 11.9 Å². The SMILES string of the molecule is O=C(O)C(CNCNC(C(=O)O)c1ccccc1O)c1ccccc1O. The summed E-state index contributed by atoms with van der Waals surface area (Å²) in [5, 5.41) is 43.8. The third kappa shape index (κ3) is 4.71. The zero-order valence-electron chi connectivity index (χ0n) is 13.8. The minimum atomic E-state index is -1.18. The number of carbonyl (C=O) groups is 2. The van der Waals surface area contributed by atoms with E-state index in [0.717, 1.165) is 0 Å². The predicted octanol–water partition coefficient (Wildman–Crippen LogP) is 1.23. The van der Waals surface area contributed by atoms with Crippen molar-refractivity contribution >= 4 is 11.9 Å². The summed E-state index contributed by atoms with van der Waals surface area (Å²) < 4.78 is 0. The lowest BCUT2D eigenvalue weighted by atomic mass is 9.98. The molecule has 8 nitrogen and oxygen atoms in total. The normalized spacial score (nSPS) is 13.1. The van der Waals surface area contributed by atoms with Crippen LogP contribution in [0.25, 0.3) is 0 Å². The number of rotatable bonds is 9. The van der Waals surface area contributed by atoms with E-state index in [9.17, 15) is 30.0 Å². The van der Waals surface area contributed by atoms with Crippen LogP contribution >= 0.6 is 0 Å². The van der Waals surface area contributed by atoms with Gasteiger partial charge in [0.15, 0.2) is 0 Å². The first kappa shape index (κ1) is 19.2. The summed E-state index contributed by atoms with van der Waals surface area (Å²) in [4.78, 5) is 22.9. The first-order chi connectivity index (χ1) is 12.4. The van der Waals surface area contributed by atoms with Gasteiger partial charge in [0, 0.05) is 24.3 Å². The number of para-hydroxylation sites is 2. The van der Waals surface area contributed by atoms with Crippen molar-refractivity contribution in [2.75, 3.05) is 13.2 Å². The van der Waals surface area contributed by atoms with Crippen molar-refractivity contribution in [1.82, 2.24) is 10.6 Å². The topological polar surface area (TPSA) is 139 Å². The van der Waals surface area contributed by atoms with Crippen molar-refractivity contribution in [3.8, 4) is 11.5 Å². The van der Waals surface area contributed by atoms with Gasteiger partial charge in [-0.25, -0.2) is 0 Å². The summed E-state index contributed by atoms with van der Waals surface area (Å²) in [5.41, 5.74) is 0.472. The zero-order valence-corrected chi connectivity index (χ0v) is 13.8. The van der Waals surface area contributed by atoms with E-state index in [1.807, 2.05) is 0 Å². The maximum Gasteiger partial charge on any atom is 0.325 e. The monoisotopic (exact) mass is 360 g/mol. The molecule has 0 radical (unpaired) electrons. The first-order valence-electron chi connectivity index (χ1n) is 7.87. The minimum absolute atomic E-state index is 0.0112. The molecule has 0 heterocycles. The summed E-state index contributed by atoms with van der Waals surface area (Å²) in [6.07, 6.45) is 0. The van der Waals surface area contributed by atoms with Gasteiger partial charge in [-0.05, 0) is 12.1 Å². The highest BCUT2D eigenvalue weighted by atomic mass is 16.4. The highest BCUT2D eigenvalue weighted by Gasteiger charge is 2.24. The number of phenolic OH excluding ortho intramolecular Hbond substituents is 2. The van der Waals surface area contributed by atoms with Gasteiger partial charge in [-0.15, -0.1) is 0 Å². The van der Waals surface area contributed by atoms with E-state index in [0.29, 0.717) is 0 Å². The van der Waals surface area contributed by atoms with Crippen LogP contribution in [0.2, 0.25) is 0 Å². The van der Waals surface area contributed by atoms with Crippen molar-refractivity contribution in [2.24, 2.45) is 0 Å². The summed E-state index contributed by atoms with van der Waals surface area (Å²) in [7, 11) is 0. The summed E-state index contributed by atoms with van der Waals surface area (Å²) >= 11 is 0. The number of hydrogen-bond donors (Lipinski definition) is 6. The van der Waals surface area contributed by atoms with Crippen LogP contribution in [0, 0.1) is 0 Å². The van der Waals surface area contributed by atoms with E-state index < -0.39 is 23.9 Å². The molecule has 0 aliphatic carbocycles. The Hall–Kier alpha value is -3.10. The Labute approximate surface area is 149 Å². The first-order valence-corrected chi connectivity index (χ1v) is 7.87. The van der Waals surface area contributed by atoms with Crippen molar-refractivity contribution in [2.45, 2.75) is 12.0 Å². The number of aliphatic carboxylic acids is 2. The molecule has 2 aromatic rings. The molecule has 0 fully saturated rings. The Morgan fingerprint density at radius 1 is 0.846 bits per heavy atom. The third-order valence-corrected chi connectivity index (χ3v) is 3.88. The average Bonchev–Trinajstić information content (AvgIpc) is 2.59. The Bertz CT molecular complexity index is 714. The lowest BCUT2D eigenvalue weighted by Crippen LogP contribution is -2.38. The molecule has 0 aromatic heterocycles. The molecular weight excluding hydrogens is 340 g/mol. The van der Waals surface area contributed by atoms with Crippen molar-refractivity contribution in [1.29, 1.82) is 0 Å². The molecule has 0 saturated carbocycles. The van der Waals surface area contributed by atoms with Gasteiger partial charge in [0.2, 0.25) is 0 Å². The van der Waals surface area contributed by atoms with Crippen LogP contribution in [0.15, 0.2) is 48.5 Å². The zero-order chi connectivity index (χ0) is 19.1. The summed E-state index contributed by atoms with van der Waals surface area (Å²) in [6.45, 7) is -0.0320. The number of phenols is 2. The van der Waals surface area contributed by atoms with E-state index >= 15 is 0 Å². The molecule has 2 unspecified atom stereocenters. The second-order valence-electron chi connectivity index (χ2n) is 5.61. The van der Waals surface area contributed by atoms with Crippen LogP contribution in [0.1, 0.15) is 23.1 Å². The molecular formula is C18H20N2O6. The van der Waals surface area contributed by atoms with Crippen molar-refractivity contribution in [3.05, 3.63) is 59.7 Å². The molecule has 0 amide bonds. The van der Waals surface area contributed by atoms with E-state index in [2.05, 4.69) is 10.6 Å². The van der Waals surface area contributed by atoms with Crippen LogP contribution in [-0.2, 0) is 9.59 Å². The smallest absolute Gasteiger partial charge is 0.325 e. The van der Waals surface area contributed by atoms with Gasteiger partial charge in [-0.1, -0.05) is 36.4 Å². The second-order valence-corrected chi connectivity index (χ2v) is 5.61. The van der Waals surface area contributed by atoms with E-state index in [4.69, 9.17) is 0 Å². The average molecular weight is 360 g/mol. The molecule has 0 aliphatic heterocycles. The lowest BCUT2D eigenvalue weighted by Gasteiger charge is -2.18. The summed E-state index contributed by atoms with van der Waals surface area (Å²) in [6, 6.07) is 11.1. The van der Waals surface area contributed by atoms with Crippen LogP contribution in [0.3, 0.4) is 0 Å². The quantitative estimate of drug-likeness (QED) is 0.290. The van der Waals surface area contributed by atoms with Gasteiger partial charge in [0.05, 0.1) is 5.92 Å². The van der Waals surface area contributed by atoms with Gasteiger partial charge in [-0.3, -0.25) is 14.9 Å². The summed E-state index contributed by atoms with van der Waals surface area (Å²) in [5.74, 6) is -3.55. The second kappa shape index (κ2) is 8.84. The molecule has 2 atom stereocenters. The maximum absolute atomic E-state index is 11.5. The number of hydrogen-bond acceptors (Lipinski definition) is 6. The number of carboxylic acid groups (broad SMARTS) is 2. The van der Waals surface area contributed by atoms with Gasteiger partial charge in [0.25, 0.3) is 0 Å². The molecule has 2 rings (SSSR count).